The second-order valence-electron chi connectivity index (χ2n) is 7.96. The van der Waals surface area contributed by atoms with Crippen LogP contribution >= 0.6 is 0 Å². The van der Waals surface area contributed by atoms with Crippen molar-refractivity contribution in [3.8, 4) is 5.75 Å². The number of amides is 1. The summed E-state index contributed by atoms with van der Waals surface area (Å²) in [5, 5.41) is 7.80. The summed E-state index contributed by atoms with van der Waals surface area (Å²) < 4.78 is 26.3. The Bertz CT molecular complexity index is 675. The van der Waals surface area contributed by atoms with Crippen LogP contribution in [0.15, 0.2) is 24.3 Å². The summed E-state index contributed by atoms with van der Waals surface area (Å²) in [7, 11) is -3.99. The van der Waals surface area contributed by atoms with E-state index in [0.29, 0.717) is 13.0 Å². The van der Waals surface area contributed by atoms with E-state index < -0.39 is 10.3 Å². The molecular weight excluding hydrogens is 400 g/mol. The van der Waals surface area contributed by atoms with Crippen LogP contribution in [0.25, 0.3) is 0 Å². The van der Waals surface area contributed by atoms with Crippen LogP contribution in [-0.4, -0.2) is 20.9 Å². The predicted molar refractivity (Wildman–Crippen MR) is 123 cm³/mol. The predicted octanol–water partition coefficient (Wildman–Crippen LogP) is 5.02. The molecule has 7 heteroatoms. The molecule has 1 amide bonds. The van der Waals surface area contributed by atoms with Crippen LogP contribution < -0.4 is 14.6 Å². The normalized spacial score (nSPS) is 11.4. The Kier molecular flexibility index (Phi) is 14.2. The van der Waals surface area contributed by atoms with Crippen LogP contribution in [0.4, 0.5) is 0 Å². The summed E-state index contributed by atoms with van der Waals surface area (Å²) in [6, 6.07) is 6.75. The van der Waals surface area contributed by atoms with Gasteiger partial charge in [0.15, 0.2) is 0 Å². The smallest absolute Gasteiger partial charge is 0.371 e. The van der Waals surface area contributed by atoms with E-state index in [1.165, 1.54) is 57.8 Å². The summed E-state index contributed by atoms with van der Waals surface area (Å²) in [6.45, 7) is 2.89. The topological polar surface area (TPSA) is 98.5 Å². The van der Waals surface area contributed by atoms with Gasteiger partial charge >= 0.3 is 10.3 Å². The monoisotopic (exact) mass is 440 g/mol. The third-order valence-electron chi connectivity index (χ3n) is 5.11. The number of hydrogen-bond acceptors (Lipinski definition) is 4. The molecule has 0 fully saturated rings. The lowest BCUT2D eigenvalue weighted by atomic mass is 10.1. The summed E-state index contributed by atoms with van der Waals surface area (Å²) in [6.07, 6.45) is 16.4. The lowest BCUT2D eigenvalue weighted by molar-refractivity contribution is -0.121. The average Bonchev–Trinajstić information content (AvgIpc) is 2.69. The fourth-order valence-electron chi connectivity index (χ4n) is 3.40. The van der Waals surface area contributed by atoms with Gasteiger partial charge in [-0.15, -0.1) is 0 Å². The Labute approximate surface area is 183 Å². The van der Waals surface area contributed by atoms with Gasteiger partial charge in [0, 0.05) is 13.0 Å². The zero-order valence-electron chi connectivity index (χ0n) is 18.5. The molecule has 0 heterocycles. The number of benzene rings is 1. The maximum absolute atomic E-state index is 11.9. The highest BCUT2D eigenvalue weighted by atomic mass is 32.2. The number of carbonyl (C=O) groups excluding carboxylic acids is 1. The van der Waals surface area contributed by atoms with Crippen LogP contribution in [-0.2, 0) is 21.5 Å². The van der Waals surface area contributed by atoms with Gasteiger partial charge in [-0.2, -0.15) is 13.6 Å². The fraction of sp³-hybridized carbons (Fsp3) is 0.696. The van der Waals surface area contributed by atoms with Crippen LogP contribution in [0.1, 0.15) is 96.0 Å². The second kappa shape index (κ2) is 16.1. The fourth-order valence-corrected chi connectivity index (χ4v) is 3.78. The molecule has 0 aromatic heterocycles. The molecule has 0 aliphatic heterocycles. The summed E-state index contributed by atoms with van der Waals surface area (Å²) in [5.41, 5.74) is 1.05. The van der Waals surface area contributed by atoms with E-state index >= 15 is 0 Å². The van der Waals surface area contributed by atoms with E-state index in [-0.39, 0.29) is 11.7 Å². The first-order chi connectivity index (χ1) is 14.4. The molecule has 0 bridgehead atoms. The molecule has 172 valence electrons. The van der Waals surface area contributed by atoms with Gasteiger partial charge in [-0.3, -0.25) is 4.79 Å². The minimum atomic E-state index is -3.99. The van der Waals surface area contributed by atoms with Crippen molar-refractivity contribution in [3.63, 3.8) is 0 Å². The number of nitrogens with one attached hydrogen (secondary N) is 1. The Morgan fingerprint density at radius 2 is 1.40 bits per heavy atom. The van der Waals surface area contributed by atoms with E-state index in [2.05, 4.69) is 16.4 Å². The number of hydrogen-bond donors (Lipinski definition) is 2. The Morgan fingerprint density at radius 3 is 1.93 bits per heavy atom. The van der Waals surface area contributed by atoms with Crippen molar-refractivity contribution < 1.29 is 17.4 Å². The molecule has 0 unspecified atom stereocenters. The van der Waals surface area contributed by atoms with Gasteiger partial charge in [0.2, 0.25) is 5.91 Å². The number of rotatable bonds is 18. The van der Waals surface area contributed by atoms with Gasteiger partial charge < -0.3 is 9.50 Å². The van der Waals surface area contributed by atoms with Gasteiger partial charge in [-0.1, -0.05) is 83.3 Å². The van der Waals surface area contributed by atoms with Crippen molar-refractivity contribution in [2.75, 3.05) is 6.54 Å². The number of nitrogens with two attached hydrogens (primary N) is 1. The van der Waals surface area contributed by atoms with E-state index in [9.17, 15) is 13.2 Å². The first kappa shape index (κ1) is 26.4. The molecule has 1 aromatic carbocycles. The highest BCUT2D eigenvalue weighted by Gasteiger charge is 2.05. The molecule has 0 spiro atoms. The second-order valence-corrected chi connectivity index (χ2v) is 9.11. The van der Waals surface area contributed by atoms with Gasteiger partial charge in [0.25, 0.3) is 0 Å². The number of aryl methyl sites for hydroxylation is 1. The van der Waals surface area contributed by atoms with Crippen molar-refractivity contribution in [3.05, 3.63) is 29.8 Å². The number of unbranched alkanes of at least 4 members (excludes halogenated alkanes) is 10. The molecule has 0 saturated heterocycles. The maximum atomic E-state index is 11.9. The van der Waals surface area contributed by atoms with Crippen molar-refractivity contribution in [2.45, 2.75) is 96.8 Å². The van der Waals surface area contributed by atoms with E-state index in [1.54, 1.807) is 24.3 Å². The van der Waals surface area contributed by atoms with Crippen LogP contribution in [0.2, 0.25) is 0 Å². The largest absolute Gasteiger partial charge is 0.380 e. The SMILES string of the molecule is CCCCCCCCCCCCCC(=O)NCCCc1ccc(OS(N)(=O)=O)cc1. The Morgan fingerprint density at radius 1 is 0.867 bits per heavy atom. The third kappa shape index (κ3) is 15.3. The van der Waals surface area contributed by atoms with E-state index in [0.717, 1.165) is 31.2 Å². The molecule has 0 saturated carbocycles. The van der Waals surface area contributed by atoms with Gasteiger partial charge in [-0.05, 0) is 37.0 Å². The maximum Gasteiger partial charge on any atom is 0.380 e. The first-order valence-electron chi connectivity index (χ1n) is 11.5. The lowest BCUT2D eigenvalue weighted by Crippen LogP contribution is -2.24. The zero-order valence-corrected chi connectivity index (χ0v) is 19.4. The molecule has 0 aliphatic rings. The average molecular weight is 441 g/mol. The molecule has 0 aliphatic carbocycles. The Balaban J connectivity index is 1.96. The molecule has 3 N–H and O–H groups in total. The van der Waals surface area contributed by atoms with Crippen molar-refractivity contribution >= 4 is 16.2 Å². The zero-order chi connectivity index (χ0) is 22.1. The van der Waals surface area contributed by atoms with E-state index in [4.69, 9.17) is 5.14 Å². The van der Waals surface area contributed by atoms with Crippen molar-refractivity contribution in [2.24, 2.45) is 5.14 Å². The standard InChI is InChI=1S/C23H40N2O4S/c1-2-3-4-5-6-7-8-9-10-11-12-15-23(26)25-20-13-14-21-16-18-22(19-17-21)29-30(24,27)28/h16-19H,2-15,20H2,1H3,(H,25,26)(H2,24,27,28). The summed E-state index contributed by atoms with van der Waals surface area (Å²) in [5.74, 6) is 0.323. The highest BCUT2D eigenvalue weighted by Crippen LogP contribution is 2.14. The van der Waals surface area contributed by atoms with Gasteiger partial charge in [0.05, 0.1) is 0 Å². The van der Waals surface area contributed by atoms with Gasteiger partial charge in [-0.25, -0.2) is 0 Å². The molecule has 30 heavy (non-hydrogen) atoms. The molecule has 0 radical (unpaired) electrons. The Hall–Kier alpha value is -1.60. The number of carbonyl (C=O) groups is 1. The van der Waals surface area contributed by atoms with Crippen LogP contribution in [0.3, 0.4) is 0 Å². The van der Waals surface area contributed by atoms with E-state index in [1.807, 2.05) is 0 Å². The highest BCUT2D eigenvalue weighted by molar-refractivity contribution is 7.84. The molecule has 6 nitrogen and oxygen atoms in total. The first-order valence-corrected chi connectivity index (χ1v) is 13.0. The van der Waals surface area contributed by atoms with Gasteiger partial charge in [0.1, 0.15) is 5.75 Å². The lowest BCUT2D eigenvalue weighted by Gasteiger charge is -2.07. The summed E-state index contributed by atoms with van der Waals surface area (Å²) >= 11 is 0. The molecule has 1 rings (SSSR count). The van der Waals surface area contributed by atoms with Crippen LogP contribution in [0.5, 0.6) is 5.75 Å². The third-order valence-corrected chi connectivity index (χ3v) is 5.53. The molecular formula is C23H40N2O4S. The molecule has 1 aromatic rings. The summed E-state index contributed by atoms with van der Waals surface area (Å²) in [4.78, 5) is 11.9. The van der Waals surface area contributed by atoms with Crippen molar-refractivity contribution in [1.82, 2.24) is 5.32 Å². The minimum Gasteiger partial charge on any atom is -0.371 e. The quantitative estimate of drug-likeness (QED) is 0.313. The van der Waals surface area contributed by atoms with Crippen LogP contribution in [0, 0.1) is 0 Å². The molecule has 0 atom stereocenters. The minimum absolute atomic E-state index is 0.128. The van der Waals surface area contributed by atoms with Crippen molar-refractivity contribution in [1.29, 1.82) is 0 Å².